The lowest BCUT2D eigenvalue weighted by Gasteiger charge is -2.28. The van der Waals surface area contributed by atoms with Gasteiger partial charge < -0.3 is 10.1 Å². The van der Waals surface area contributed by atoms with E-state index in [4.69, 9.17) is 0 Å². The number of carbonyl (C=O) groups excluding carboxylic acids is 2. The summed E-state index contributed by atoms with van der Waals surface area (Å²) >= 11 is 0. The highest BCUT2D eigenvalue weighted by atomic mass is 19.4. The molecule has 1 saturated heterocycles. The van der Waals surface area contributed by atoms with Gasteiger partial charge in [0, 0.05) is 18.5 Å². The van der Waals surface area contributed by atoms with Crippen molar-refractivity contribution in [1.82, 2.24) is 10.2 Å². The Bertz CT molecular complexity index is 689. The van der Waals surface area contributed by atoms with Gasteiger partial charge in [0.15, 0.2) is 6.61 Å². The minimum absolute atomic E-state index is 0.204. The Labute approximate surface area is 156 Å². The van der Waals surface area contributed by atoms with Gasteiger partial charge in [-0.25, -0.2) is 4.79 Å². The zero-order chi connectivity index (χ0) is 20.2. The van der Waals surface area contributed by atoms with Crippen molar-refractivity contribution in [2.75, 3.05) is 19.7 Å². The van der Waals surface area contributed by atoms with Crippen LogP contribution in [0.25, 0.3) is 0 Å². The summed E-state index contributed by atoms with van der Waals surface area (Å²) in [5, 5.41) is 2.83. The quantitative estimate of drug-likeness (QED) is 0.842. The lowest BCUT2D eigenvalue weighted by atomic mass is 9.84. The fraction of sp³-hybridized carbons (Fsp3) is 0.579. The number of halogens is 3. The number of hydrogen-bond donors (Lipinski definition) is 1. The largest absolute Gasteiger partial charge is 0.440 e. The summed E-state index contributed by atoms with van der Waals surface area (Å²) in [5.41, 5.74) is 1.85. The van der Waals surface area contributed by atoms with E-state index in [0.717, 1.165) is 16.0 Å². The maximum Gasteiger partial charge on any atom is 0.422 e. The van der Waals surface area contributed by atoms with Crippen LogP contribution in [0.5, 0.6) is 0 Å². The van der Waals surface area contributed by atoms with Crippen LogP contribution >= 0.6 is 0 Å². The highest BCUT2D eigenvalue weighted by Gasteiger charge is 2.38. The number of likely N-dealkylation sites (tertiary alicyclic amines) is 1. The van der Waals surface area contributed by atoms with Crippen LogP contribution in [0.15, 0.2) is 24.3 Å². The number of nitrogens with one attached hydrogen (secondary N) is 1. The Morgan fingerprint density at radius 1 is 1.30 bits per heavy atom. The van der Waals surface area contributed by atoms with Gasteiger partial charge in [-0.1, -0.05) is 43.7 Å². The molecule has 0 aliphatic carbocycles. The Morgan fingerprint density at radius 3 is 2.63 bits per heavy atom. The van der Waals surface area contributed by atoms with Crippen LogP contribution < -0.4 is 5.32 Å². The molecule has 1 aromatic rings. The van der Waals surface area contributed by atoms with Crippen LogP contribution in [0.2, 0.25) is 0 Å². The molecule has 2 rings (SSSR count). The SMILES string of the molecule is Cc1cccc(C(C)(C)CNC(=O)C2CCCN2C(=O)OCC(F)(F)F)c1. The highest BCUT2D eigenvalue weighted by molar-refractivity contribution is 5.86. The highest BCUT2D eigenvalue weighted by Crippen LogP contribution is 2.24. The smallest absolute Gasteiger partial charge is 0.422 e. The third-order valence-corrected chi connectivity index (χ3v) is 4.65. The molecular formula is C19H25F3N2O3. The standard InChI is InChI=1S/C19H25F3N2O3/c1-13-6-4-7-14(10-13)18(2,3)11-23-16(25)15-8-5-9-24(15)17(26)27-12-19(20,21)22/h4,6-7,10,15H,5,8-9,11-12H2,1-3H3,(H,23,25). The fourth-order valence-corrected chi connectivity index (χ4v) is 3.08. The van der Waals surface area contributed by atoms with Crippen LogP contribution in [0.4, 0.5) is 18.0 Å². The molecule has 1 atom stereocenters. The molecule has 1 N–H and O–H groups in total. The van der Waals surface area contributed by atoms with Crippen LogP contribution in [-0.2, 0) is 14.9 Å². The van der Waals surface area contributed by atoms with E-state index in [9.17, 15) is 22.8 Å². The van der Waals surface area contributed by atoms with Gasteiger partial charge >= 0.3 is 12.3 Å². The number of ether oxygens (including phenoxy) is 1. The molecule has 1 heterocycles. The molecule has 1 unspecified atom stereocenters. The molecule has 150 valence electrons. The Kier molecular flexibility index (Phi) is 6.38. The van der Waals surface area contributed by atoms with E-state index in [1.165, 1.54) is 0 Å². The van der Waals surface area contributed by atoms with E-state index >= 15 is 0 Å². The van der Waals surface area contributed by atoms with Gasteiger partial charge in [-0.2, -0.15) is 13.2 Å². The van der Waals surface area contributed by atoms with Crippen molar-refractivity contribution in [2.24, 2.45) is 0 Å². The van der Waals surface area contributed by atoms with Crippen molar-refractivity contribution in [2.45, 2.75) is 51.2 Å². The van der Waals surface area contributed by atoms with Gasteiger partial charge in [-0.3, -0.25) is 9.69 Å². The van der Waals surface area contributed by atoms with Gasteiger partial charge in [-0.05, 0) is 25.3 Å². The van der Waals surface area contributed by atoms with E-state index in [1.54, 1.807) is 0 Å². The average molecular weight is 386 g/mol. The summed E-state index contributed by atoms with van der Waals surface area (Å²) in [7, 11) is 0. The number of hydrogen-bond acceptors (Lipinski definition) is 3. The lowest BCUT2D eigenvalue weighted by molar-refractivity contribution is -0.162. The average Bonchev–Trinajstić information content (AvgIpc) is 3.07. The first kappa shape index (κ1) is 21.1. The maximum atomic E-state index is 12.5. The second kappa shape index (κ2) is 8.19. The second-order valence-electron chi connectivity index (χ2n) is 7.49. The maximum absolute atomic E-state index is 12.5. The number of aryl methyl sites for hydroxylation is 1. The summed E-state index contributed by atoms with van der Waals surface area (Å²) < 4.78 is 41.0. The Morgan fingerprint density at radius 2 is 2.00 bits per heavy atom. The number of alkyl halides is 3. The summed E-state index contributed by atoms with van der Waals surface area (Å²) in [6.45, 7) is 4.86. The second-order valence-corrected chi connectivity index (χ2v) is 7.49. The number of carbonyl (C=O) groups is 2. The minimum Gasteiger partial charge on any atom is -0.440 e. The first-order valence-electron chi connectivity index (χ1n) is 8.84. The third-order valence-electron chi connectivity index (χ3n) is 4.65. The molecule has 0 aromatic heterocycles. The van der Waals surface area contributed by atoms with E-state index in [2.05, 4.69) is 10.1 Å². The van der Waals surface area contributed by atoms with Crippen molar-refractivity contribution in [1.29, 1.82) is 0 Å². The molecule has 1 fully saturated rings. The molecule has 0 spiro atoms. The topological polar surface area (TPSA) is 58.6 Å². The van der Waals surface area contributed by atoms with Gasteiger partial charge in [0.1, 0.15) is 6.04 Å². The summed E-state index contributed by atoms with van der Waals surface area (Å²) in [5.74, 6) is -0.378. The minimum atomic E-state index is -4.59. The zero-order valence-corrected chi connectivity index (χ0v) is 15.7. The molecule has 1 aliphatic heterocycles. The van der Waals surface area contributed by atoms with Gasteiger partial charge in [0.05, 0.1) is 0 Å². The first-order valence-corrected chi connectivity index (χ1v) is 8.84. The van der Waals surface area contributed by atoms with Crippen molar-refractivity contribution >= 4 is 12.0 Å². The van der Waals surface area contributed by atoms with E-state index in [-0.39, 0.29) is 17.9 Å². The predicted molar refractivity (Wildman–Crippen MR) is 94.3 cm³/mol. The Balaban J connectivity index is 1.95. The van der Waals surface area contributed by atoms with E-state index in [1.807, 2.05) is 45.0 Å². The van der Waals surface area contributed by atoms with Gasteiger partial charge in [-0.15, -0.1) is 0 Å². The number of benzene rings is 1. The van der Waals surface area contributed by atoms with Crippen LogP contribution in [-0.4, -0.2) is 48.8 Å². The molecule has 1 aliphatic rings. The summed E-state index contributed by atoms with van der Waals surface area (Å²) in [6.07, 6.45) is -4.76. The van der Waals surface area contributed by atoms with Crippen molar-refractivity contribution in [3.63, 3.8) is 0 Å². The van der Waals surface area contributed by atoms with Crippen molar-refractivity contribution in [3.05, 3.63) is 35.4 Å². The summed E-state index contributed by atoms with van der Waals surface area (Å²) in [6, 6.07) is 7.15. The molecule has 1 aromatic carbocycles. The molecule has 27 heavy (non-hydrogen) atoms. The Hall–Kier alpha value is -2.25. The van der Waals surface area contributed by atoms with Crippen LogP contribution in [0, 0.1) is 6.92 Å². The first-order chi connectivity index (χ1) is 12.5. The van der Waals surface area contributed by atoms with Crippen LogP contribution in [0.3, 0.4) is 0 Å². The van der Waals surface area contributed by atoms with Crippen molar-refractivity contribution < 1.29 is 27.5 Å². The summed E-state index contributed by atoms with van der Waals surface area (Å²) in [4.78, 5) is 25.5. The molecule has 0 radical (unpaired) electrons. The molecule has 2 amide bonds. The normalized spacial score (nSPS) is 17.7. The number of amides is 2. The number of rotatable bonds is 5. The lowest BCUT2D eigenvalue weighted by Crippen LogP contribution is -2.49. The number of nitrogens with zero attached hydrogens (tertiary/aromatic N) is 1. The van der Waals surface area contributed by atoms with Crippen molar-refractivity contribution in [3.8, 4) is 0 Å². The molecule has 8 heteroatoms. The zero-order valence-electron chi connectivity index (χ0n) is 15.7. The van der Waals surface area contributed by atoms with Crippen LogP contribution in [0.1, 0.15) is 37.8 Å². The predicted octanol–water partition coefficient (Wildman–Crippen LogP) is 3.55. The van der Waals surface area contributed by atoms with Gasteiger partial charge in [0.25, 0.3) is 0 Å². The van der Waals surface area contributed by atoms with E-state index < -0.39 is 24.9 Å². The van der Waals surface area contributed by atoms with E-state index in [0.29, 0.717) is 19.4 Å². The molecule has 0 saturated carbocycles. The molecular weight excluding hydrogens is 361 g/mol. The third kappa shape index (κ3) is 5.87. The molecule has 5 nitrogen and oxygen atoms in total. The fourth-order valence-electron chi connectivity index (χ4n) is 3.08. The monoisotopic (exact) mass is 386 g/mol. The molecule has 0 bridgehead atoms. The van der Waals surface area contributed by atoms with Gasteiger partial charge in [0.2, 0.25) is 5.91 Å².